The quantitative estimate of drug-likeness (QED) is 0.501. The molecule has 1 atom stereocenters. The smallest absolute Gasteiger partial charge is 0.241 e. The lowest BCUT2D eigenvalue weighted by Gasteiger charge is -2.18. The summed E-state index contributed by atoms with van der Waals surface area (Å²) in [5.74, 6) is 1.40. The summed E-state index contributed by atoms with van der Waals surface area (Å²) in [7, 11) is 0. The molecule has 0 saturated carbocycles. The van der Waals surface area contributed by atoms with Crippen LogP contribution in [-0.4, -0.2) is 44.1 Å². The zero-order valence-electron chi connectivity index (χ0n) is 14.5. The number of carbonyl (C=O) groups excluding carboxylic acids is 1. The fourth-order valence-electron chi connectivity index (χ4n) is 1.93. The van der Waals surface area contributed by atoms with E-state index in [4.69, 9.17) is 4.74 Å². The number of amides is 1. The van der Waals surface area contributed by atoms with E-state index in [0.717, 1.165) is 17.9 Å². The minimum Gasteiger partial charge on any atom is -0.489 e. The molecule has 128 valence electrons. The molecule has 0 aliphatic rings. The van der Waals surface area contributed by atoms with Crippen LogP contribution in [0, 0.1) is 6.92 Å². The Morgan fingerprint density at radius 2 is 1.87 bits per heavy atom. The van der Waals surface area contributed by atoms with E-state index < -0.39 is 0 Å². The lowest BCUT2D eigenvalue weighted by Crippen LogP contribution is -2.42. The molecule has 0 aromatic heterocycles. The molecule has 0 spiro atoms. The second-order valence-electron chi connectivity index (χ2n) is 5.22. The largest absolute Gasteiger partial charge is 0.489 e. The molecule has 0 fully saturated rings. The van der Waals surface area contributed by atoms with Crippen molar-refractivity contribution >= 4 is 11.9 Å². The predicted octanol–water partition coefficient (Wildman–Crippen LogP) is 1.45. The molecule has 23 heavy (non-hydrogen) atoms. The van der Waals surface area contributed by atoms with Crippen LogP contribution < -0.4 is 20.7 Å². The summed E-state index contributed by atoms with van der Waals surface area (Å²) >= 11 is 0. The van der Waals surface area contributed by atoms with Gasteiger partial charge in [-0.1, -0.05) is 18.2 Å². The van der Waals surface area contributed by atoms with Crippen LogP contribution in [0.5, 0.6) is 5.75 Å². The molecule has 0 heterocycles. The molecule has 0 bridgehead atoms. The molecule has 1 aromatic carbocycles. The first kappa shape index (κ1) is 18.8. The SMILES string of the molecule is CCNC(=O)CN=C(NCC)NCC(C)Oc1ccccc1C. The van der Waals surface area contributed by atoms with Crippen LogP contribution in [0.4, 0.5) is 0 Å². The van der Waals surface area contributed by atoms with E-state index in [1.807, 2.05) is 52.0 Å². The molecule has 6 heteroatoms. The van der Waals surface area contributed by atoms with Gasteiger partial charge >= 0.3 is 0 Å². The molecule has 1 aromatic rings. The van der Waals surface area contributed by atoms with E-state index >= 15 is 0 Å². The highest BCUT2D eigenvalue weighted by Crippen LogP contribution is 2.17. The van der Waals surface area contributed by atoms with Gasteiger partial charge in [0.05, 0.1) is 6.54 Å². The standard InChI is InChI=1S/C17H28N4O2/c1-5-18-16(22)12-21-17(19-6-2)20-11-14(4)23-15-10-8-7-9-13(15)3/h7-10,14H,5-6,11-12H2,1-4H3,(H,18,22)(H2,19,20,21). The van der Waals surface area contributed by atoms with E-state index in [9.17, 15) is 4.79 Å². The molecular weight excluding hydrogens is 292 g/mol. The van der Waals surface area contributed by atoms with Crippen molar-refractivity contribution in [1.29, 1.82) is 0 Å². The van der Waals surface area contributed by atoms with E-state index in [-0.39, 0.29) is 18.6 Å². The molecule has 0 saturated heterocycles. The van der Waals surface area contributed by atoms with Crippen LogP contribution in [0.3, 0.4) is 0 Å². The first-order chi connectivity index (χ1) is 11.1. The summed E-state index contributed by atoms with van der Waals surface area (Å²) in [6.07, 6.45) is -0.0237. The maximum absolute atomic E-state index is 11.5. The average molecular weight is 320 g/mol. The highest BCUT2D eigenvalue weighted by atomic mass is 16.5. The molecular formula is C17H28N4O2. The first-order valence-electron chi connectivity index (χ1n) is 8.08. The predicted molar refractivity (Wildman–Crippen MR) is 93.9 cm³/mol. The van der Waals surface area contributed by atoms with Gasteiger partial charge in [0, 0.05) is 13.1 Å². The van der Waals surface area contributed by atoms with Gasteiger partial charge < -0.3 is 20.7 Å². The molecule has 6 nitrogen and oxygen atoms in total. The van der Waals surface area contributed by atoms with E-state index in [1.54, 1.807) is 0 Å². The summed E-state index contributed by atoms with van der Waals surface area (Å²) in [6, 6.07) is 7.93. The molecule has 3 N–H and O–H groups in total. The van der Waals surface area contributed by atoms with Gasteiger partial charge in [0.15, 0.2) is 5.96 Å². The zero-order chi connectivity index (χ0) is 17.1. The lowest BCUT2D eigenvalue weighted by atomic mass is 10.2. The lowest BCUT2D eigenvalue weighted by molar-refractivity contribution is -0.119. The van der Waals surface area contributed by atoms with Gasteiger partial charge in [-0.2, -0.15) is 0 Å². The topological polar surface area (TPSA) is 74.8 Å². The average Bonchev–Trinajstić information content (AvgIpc) is 2.52. The third-order valence-electron chi connectivity index (χ3n) is 3.08. The number of benzene rings is 1. The molecule has 1 rings (SSSR count). The van der Waals surface area contributed by atoms with E-state index in [1.165, 1.54) is 0 Å². The minimum atomic E-state index is -0.0890. The maximum atomic E-state index is 11.5. The molecule has 1 amide bonds. The van der Waals surface area contributed by atoms with Crippen molar-refractivity contribution in [3.8, 4) is 5.75 Å². The minimum absolute atomic E-state index is 0.0237. The Morgan fingerprint density at radius 1 is 1.17 bits per heavy atom. The Hall–Kier alpha value is -2.24. The van der Waals surface area contributed by atoms with Crippen molar-refractivity contribution in [2.45, 2.75) is 33.8 Å². The van der Waals surface area contributed by atoms with Crippen molar-refractivity contribution in [3.05, 3.63) is 29.8 Å². The second kappa shape index (κ2) is 10.5. The number of para-hydroxylation sites is 1. The molecule has 0 aliphatic heterocycles. The normalized spacial score (nSPS) is 12.4. The molecule has 0 radical (unpaired) electrons. The summed E-state index contributed by atoms with van der Waals surface area (Å²) in [5.41, 5.74) is 1.11. The van der Waals surface area contributed by atoms with E-state index in [2.05, 4.69) is 20.9 Å². The Labute approximate surface area is 138 Å². The van der Waals surface area contributed by atoms with Crippen molar-refractivity contribution in [1.82, 2.24) is 16.0 Å². The number of carbonyl (C=O) groups is 1. The zero-order valence-corrected chi connectivity index (χ0v) is 14.5. The Morgan fingerprint density at radius 3 is 2.52 bits per heavy atom. The molecule has 1 unspecified atom stereocenters. The van der Waals surface area contributed by atoms with Gasteiger partial charge in [-0.15, -0.1) is 0 Å². The van der Waals surface area contributed by atoms with E-state index in [0.29, 0.717) is 19.0 Å². The number of guanidine groups is 1. The highest BCUT2D eigenvalue weighted by Gasteiger charge is 2.07. The number of nitrogens with one attached hydrogen (secondary N) is 3. The van der Waals surface area contributed by atoms with Crippen molar-refractivity contribution in [2.75, 3.05) is 26.2 Å². The van der Waals surface area contributed by atoms with Gasteiger partial charge in [0.2, 0.25) is 5.91 Å². The van der Waals surface area contributed by atoms with Gasteiger partial charge in [-0.05, 0) is 39.3 Å². The van der Waals surface area contributed by atoms with Crippen LogP contribution in [0.25, 0.3) is 0 Å². The van der Waals surface area contributed by atoms with Crippen LogP contribution in [-0.2, 0) is 4.79 Å². The Balaban J connectivity index is 2.49. The number of hydrogen-bond donors (Lipinski definition) is 3. The second-order valence-corrected chi connectivity index (χ2v) is 5.22. The van der Waals surface area contributed by atoms with Crippen molar-refractivity contribution in [2.24, 2.45) is 4.99 Å². The summed E-state index contributed by atoms with van der Waals surface area (Å²) in [4.78, 5) is 15.7. The van der Waals surface area contributed by atoms with Gasteiger partial charge in [-0.3, -0.25) is 4.79 Å². The van der Waals surface area contributed by atoms with Crippen molar-refractivity contribution < 1.29 is 9.53 Å². The van der Waals surface area contributed by atoms with Gasteiger partial charge in [-0.25, -0.2) is 4.99 Å². The summed E-state index contributed by atoms with van der Waals surface area (Å²) < 4.78 is 5.91. The first-order valence-corrected chi connectivity index (χ1v) is 8.08. The fraction of sp³-hybridized carbons (Fsp3) is 0.529. The third-order valence-corrected chi connectivity index (χ3v) is 3.08. The van der Waals surface area contributed by atoms with Gasteiger partial charge in [0.1, 0.15) is 18.4 Å². The van der Waals surface area contributed by atoms with Gasteiger partial charge in [0.25, 0.3) is 0 Å². The Kier molecular flexibility index (Phi) is 8.57. The molecule has 0 aliphatic carbocycles. The number of aryl methyl sites for hydroxylation is 1. The monoisotopic (exact) mass is 320 g/mol. The highest BCUT2D eigenvalue weighted by molar-refractivity contribution is 5.84. The third kappa shape index (κ3) is 7.54. The Bertz CT molecular complexity index is 517. The van der Waals surface area contributed by atoms with Crippen LogP contribution in [0.15, 0.2) is 29.3 Å². The number of aliphatic imine (C=N–C) groups is 1. The number of ether oxygens (including phenoxy) is 1. The number of rotatable bonds is 8. The fourth-order valence-corrected chi connectivity index (χ4v) is 1.93. The summed E-state index contributed by atoms with van der Waals surface area (Å²) in [6.45, 7) is 9.92. The van der Waals surface area contributed by atoms with Crippen LogP contribution in [0.2, 0.25) is 0 Å². The summed E-state index contributed by atoms with van der Waals surface area (Å²) in [5, 5.41) is 9.03. The van der Waals surface area contributed by atoms with Crippen LogP contribution in [0.1, 0.15) is 26.3 Å². The number of nitrogens with zero attached hydrogens (tertiary/aromatic N) is 1. The van der Waals surface area contributed by atoms with Crippen LogP contribution >= 0.6 is 0 Å². The number of likely N-dealkylation sites (N-methyl/N-ethyl adjacent to an activating group) is 1. The maximum Gasteiger partial charge on any atom is 0.241 e. The number of hydrogen-bond acceptors (Lipinski definition) is 3. The van der Waals surface area contributed by atoms with Crippen molar-refractivity contribution in [3.63, 3.8) is 0 Å².